The van der Waals surface area contributed by atoms with Crippen molar-refractivity contribution in [2.75, 3.05) is 7.11 Å². The molecule has 0 bridgehead atoms. The summed E-state index contributed by atoms with van der Waals surface area (Å²) in [5.41, 5.74) is -3.81. The molecule has 0 fully saturated rings. The molecule has 0 aromatic heterocycles. The van der Waals surface area contributed by atoms with E-state index in [4.69, 9.17) is 4.74 Å². The zero-order valence-corrected chi connectivity index (χ0v) is 16.6. The van der Waals surface area contributed by atoms with E-state index in [0.29, 0.717) is 11.3 Å². The van der Waals surface area contributed by atoms with Gasteiger partial charge in [0.1, 0.15) is 17.4 Å². The van der Waals surface area contributed by atoms with Crippen molar-refractivity contribution < 1.29 is 31.1 Å². The maximum atomic E-state index is 13.8. The number of hydrogen-bond donors (Lipinski definition) is 0. The van der Waals surface area contributed by atoms with Crippen LogP contribution in [0.3, 0.4) is 0 Å². The number of ether oxygens (including phenoxy) is 1. The zero-order valence-electron chi connectivity index (χ0n) is 16.6. The fourth-order valence-corrected chi connectivity index (χ4v) is 3.18. The number of nitrogens with zero attached hydrogens (tertiary/aromatic N) is 3. The maximum Gasteiger partial charge on any atom is 0.443 e. The lowest BCUT2D eigenvalue weighted by Crippen LogP contribution is -2.59. The summed E-state index contributed by atoms with van der Waals surface area (Å²) in [6.07, 6.45) is -11.7. The van der Waals surface area contributed by atoms with Gasteiger partial charge in [-0.3, -0.25) is 0 Å². The van der Waals surface area contributed by atoms with Gasteiger partial charge in [0.25, 0.3) is 0 Å². The molecule has 0 aliphatic carbocycles. The van der Waals surface area contributed by atoms with Gasteiger partial charge in [-0.25, -0.2) is 9.98 Å². The molecule has 2 aromatic carbocycles. The quantitative estimate of drug-likeness (QED) is 0.566. The average molecular weight is 443 g/mol. The number of methoxy groups -OCH3 is 1. The van der Waals surface area contributed by atoms with Gasteiger partial charge in [0.2, 0.25) is 0 Å². The highest BCUT2D eigenvalue weighted by atomic mass is 19.4. The van der Waals surface area contributed by atoms with E-state index in [1.807, 2.05) is 0 Å². The van der Waals surface area contributed by atoms with E-state index in [9.17, 15) is 26.3 Å². The smallest absolute Gasteiger partial charge is 0.443 e. The highest BCUT2D eigenvalue weighted by Crippen LogP contribution is 2.49. The fourth-order valence-electron chi connectivity index (χ4n) is 3.18. The number of benzene rings is 2. The molecule has 1 heterocycles. The van der Waals surface area contributed by atoms with Gasteiger partial charge in [0.15, 0.2) is 0 Å². The van der Waals surface area contributed by atoms with Gasteiger partial charge in [-0.2, -0.15) is 26.3 Å². The maximum absolute atomic E-state index is 13.8. The minimum absolute atomic E-state index is 0.0177. The summed E-state index contributed by atoms with van der Waals surface area (Å²) < 4.78 is 87.7. The molecule has 0 spiro atoms. The van der Waals surface area contributed by atoms with Gasteiger partial charge in [-0.1, -0.05) is 49.4 Å². The average Bonchev–Trinajstić information content (AvgIpc) is 2.73. The lowest BCUT2D eigenvalue weighted by atomic mass is 10.1. The van der Waals surface area contributed by atoms with Crippen LogP contribution in [0.5, 0.6) is 5.75 Å². The second kappa shape index (κ2) is 8.24. The van der Waals surface area contributed by atoms with Crippen LogP contribution in [0.25, 0.3) is 0 Å². The van der Waals surface area contributed by atoms with E-state index in [1.54, 1.807) is 30.3 Å². The molecule has 1 aliphatic rings. The summed E-state index contributed by atoms with van der Waals surface area (Å²) in [7, 11) is 1.48. The summed E-state index contributed by atoms with van der Waals surface area (Å²) in [6, 6.07) is 14.1. The Kier molecular flexibility index (Phi) is 6.02. The van der Waals surface area contributed by atoms with E-state index in [1.165, 1.54) is 43.2 Å². The van der Waals surface area contributed by atoms with E-state index < -0.39 is 23.9 Å². The van der Waals surface area contributed by atoms with Gasteiger partial charge in [0, 0.05) is 12.0 Å². The number of aliphatic imine (C=N–C) groups is 2. The summed E-state index contributed by atoms with van der Waals surface area (Å²) in [5.74, 6) is -0.242. The first kappa shape index (κ1) is 22.6. The minimum atomic E-state index is -5.77. The molecule has 31 heavy (non-hydrogen) atoms. The van der Waals surface area contributed by atoms with Crippen molar-refractivity contribution in [3.05, 3.63) is 65.7 Å². The van der Waals surface area contributed by atoms with E-state index in [0.717, 1.165) is 0 Å². The third-order valence-electron chi connectivity index (χ3n) is 4.76. The van der Waals surface area contributed by atoms with E-state index in [-0.39, 0.29) is 24.4 Å². The molecule has 10 heteroatoms. The molecule has 166 valence electrons. The predicted molar refractivity (Wildman–Crippen MR) is 104 cm³/mol. The van der Waals surface area contributed by atoms with Gasteiger partial charge < -0.3 is 9.64 Å². The number of alkyl halides is 6. The molecule has 1 aliphatic heterocycles. The van der Waals surface area contributed by atoms with Crippen molar-refractivity contribution in [2.24, 2.45) is 9.98 Å². The Balaban J connectivity index is 2.19. The standard InChI is InChI=1S/C21H19F6N3O/c1-3-17-28-19(20(22,23)24,21(25,26)27)29-18(15-7-5-4-6-8-15)30(17)13-14-9-11-16(31-2)12-10-14/h4-12H,3,13H2,1-2H3. The summed E-state index contributed by atoms with van der Waals surface area (Å²) >= 11 is 0. The molecule has 4 nitrogen and oxygen atoms in total. The Labute approximate surface area is 174 Å². The van der Waals surface area contributed by atoms with E-state index in [2.05, 4.69) is 9.98 Å². The first-order valence-electron chi connectivity index (χ1n) is 9.30. The highest BCUT2D eigenvalue weighted by Gasteiger charge is 2.73. The Hall–Kier alpha value is -3.04. The Morgan fingerprint density at radius 1 is 0.871 bits per heavy atom. The molecule has 2 aromatic rings. The first-order chi connectivity index (χ1) is 14.5. The monoisotopic (exact) mass is 443 g/mol. The largest absolute Gasteiger partial charge is 0.497 e. The summed E-state index contributed by atoms with van der Waals surface area (Å²) in [4.78, 5) is 7.64. The minimum Gasteiger partial charge on any atom is -0.497 e. The van der Waals surface area contributed by atoms with Gasteiger partial charge in [0.05, 0.1) is 13.7 Å². The fraction of sp³-hybridized carbons (Fsp3) is 0.333. The number of rotatable bonds is 5. The van der Waals surface area contributed by atoms with Crippen molar-refractivity contribution in [1.82, 2.24) is 4.90 Å². The molecule has 0 radical (unpaired) electrons. The third kappa shape index (κ3) is 4.24. The van der Waals surface area contributed by atoms with Crippen LogP contribution in [0.15, 0.2) is 64.6 Å². The summed E-state index contributed by atoms with van der Waals surface area (Å²) in [5, 5.41) is 0. The Bertz CT molecular complexity index is 951. The molecule has 3 rings (SSSR count). The summed E-state index contributed by atoms with van der Waals surface area (Å²) in [6.45, 7) is 1.43. The van der Waals surface area contributed by atoms with Crippen LogP contribution in [0.1, 0.15) is 24.5 Å². The second-order valence-electron chi connectivity index (χ2n) is 6.78. The first-order valence-corrected chi connectivity index (χ1v) is 9.30. The molecule has 0 unspecified atom stereocenters. The molecular formula is C21H19F6N3O. The van der Waals surface area contributed by atoms with Crippen LogP contribution < -0.4 is 4.74 Å². The second-order valence-corrected chi connectivity index (χ2v) is 6.78. The topological polar surface area (TPSA) is 37.2 Å². The lowest BCUT2D eigenvalue weighted by Gasteiger charge is -2.39. The lowest BCUT2D eigenvalue weighted by molar-refractivity contribution is -0.293. The molecule has 0 amide bonds. The van der Waals surface area contributed by atoms with E-state index >= 15 is 0 Å². The van der Waals surface area contributed by atoms with Crippen molar-refractivity contribution in [3.8, 4) is 5.75 Å². The van der Waals surface area contributed by atoms with Gasteiger partial charge >= 0.3 is 18.0 Å². The van der Waals surface area contributed by atoms with Crippen LogP contribution in [0.2, 0.25) is 0 Å². The van der Waals surface area contributed by atoms with Gasteiger partial charge in [-0.05, 0) is 17.7 Å². The van der Waals surface area contributed by atoms with Crippen LogP contribution >= 0.6 is 0 Å². The molecule has 0 N–H and O–H groups in total. The Morgan fingerprint density at radius 2 is 1.45 bits per heavy atom. The zero-order chi connectivity index (χ0) is 22.9. The van der Waals surface area contributed by atoms with Crippen molar-refractivity contribution >= 4 is 11.7 Å². The third-order valence-corrected chi connectivity index (χ3v) is 4.76. The van der Waals surface area contributed by atoms with Crippen molar-refractivity contribution in [1.29, 1.82) is 0 Å². The predicted octanol–water partition coefficient (Wildman–Crippen LogP) is 5.59. The van der Waals surface area contributed by atoms with Crippen LogP contribution in [0.4, 0.5) is 26.3 Å². The highest BCUT2D eigenvalue weighted by molar-refractivity contribution is 6.10. The number of amidine groups is 2. The Morgan fingerprint density at radius 3 is 1.94 bits per heavy atom. The van der Waals surface area contributed by atoms with Crippen molar-refractivity contribution in [2.45, 2.75) is 37.9 Å². The van der Waals surface area contributed by atoms with Crippen LogP contribution in [-0.4, -0.2) is 41.7 Å². The van der Waals surface area contributed by atoms with Gasteiger partial charge in [-0.15, -0.1) is 0 Å². The normalized spacial score (nSPS) is 16.6. The number of hydrogen-bond acceptors (Lipinski definition) is 4. The molecule has 0 atom stereocenters. The molecular weight excluding hydrogens is 424 g/mol. The van der Waals surface area contributed by atoms with Crippen LogP contribution in [0, 0.1) is 0 Å². The van der Waals surface area contributed by atoms with Crippen LogP contribution in [-0.2, 0) is 6.54 Å². The van der Waals surface area contributed by atoms with Crippen molar-refractivity contribution in [3.63, 3.8) is 0 Å². The number of halogens is 6. The SMILES string of the molecule is CCC1=NC(C(F)(F)F)(C(F)(F)F)N=C(c2ccccc2)N1Cc1ccc(OC)cc1. The molecule has 0 saturated carbocycles. The molecule has 0 saturated heterocycles.